The molecule has 8 atom stereocenters. The monoisotopic (exact) mass is 1200 g/mol. The lowest BCUT2D eigenvalue weighted by atomic mass is 9.87. The number of carbonyl (C=O) groups is 4. The van der Waals surface area contributed by atoms with E-state index in [9.17, 15) is 62.7 Å². The number of ether oxygens (including phenoxy) is 2. The zero-order valence-corrected chi connectivity index (χ0v) is 49.7. The number of rotatable bonds is 44. The highest BCUT2D eigenvalue weighted by Gasteiger charge is 2.50. The smallest absolute Gasteiger partial charge is 0.462 e. The van der Waals surface area contributed by atoms with Crippen molar-refractivity contribution in [1.29, 1.82) is 0 Å². The van der Waals surface area contributed by atoms with E-state index in [4.69, 9.17) is 24.3 Å². The molecule has 2 aromatic heterocycles. The van der Waals surface area contributed by atoms with Crippen LogP contribution in [-0.2, 0) is 60.2 Å². The molecule has 2 aromatic rings. The first-order chi connectivity index (χ1) is 37.4. The predicted molar refractivity (Wildman–Crippen MR) is 295 cm³/mol. The van der Waals surface area contributed by atoms with Crippen molar-refractivity contribution in [2.24, 2.45) is 5.41 Å². The fourth-order valence-electron chi connectivity index (χ4n) is 8.60. The van der Waals surface area contributed by atoms with Crippen LogP contribution < -0.4 is 16.4 Å². The summed E-state index contributed by atoms with van der Waals surface area (Å²) in [6, 6.07) is 0. The van der Waals surface area contributed by atoms with Gasteiger partial charge < -0.3 is 55.6 Å². The Hall–Kier alpha value is -2.97. The number of esters is 1. The second-order valence-electron chi connectivity index (χ2n) is 20.5. The summed E-state index contributed by atoms with van der Waals surface area (Å²) in [5.41, 5.74) is 4.26. The molecule has 30 heteroatoms. The number of thioether (sulfide) groups is 1. The Balaban J connectivity index is 1.39. The topological polar surface area (TPSA) is 390 Å². The van der Waals surface area contributed by atoms with Crippen LogP contribution in [0.15, 0.2) is 12.7 Å². The van der Waals surface area contributed by atoms with Crippen LogP contribution in [0.1, 0.15) is 188 Å². The van der Waals surface area contributed by atoms with Gasteiger partial charge in [-0.15, -0.1) is 0 Å². The standard InChI is InChI=1S/C49H88N7O19P3S/c1-5-7-9-11-13-15-17-19-21-23-25-36(72-39(58)26-24-22-20-18-16-14-12-10-8-6-2)31-40(59)79-30-29-51-38(57)27-28-52-47(62)44(61)49(3,4)33-71-78(68,69)75-77(66,67)70-32-37-43(74-76(63,64)65)42(60)48(73-37)56-35-55-41-45(50)53-34-54-46(41)56/h34-37,42-44,48,60-61H,5-33H2,1-4H3,(H,51,57)(H,52,62)(H,66,67)(H,68,69)(H2,50,53,54)(H2,63,64,65). The number of phosphoric ester groups is 3. The third kappa shape index (κ3) is 28.2. The number of fused-ring (bicyclic) bond motifs is 1. The average Bonchev–Trinajstić information content (AvgIpc) is 3.95. The zero-order valence-electron chi connectivity index (χ0n) is 46.2. The van der Waals surface area contributed by atoms with Crippen molar-refractivity contribution in [1.82, 2.24) is 30.2 Å². The van der Waals surface area contributed by atoms with Crippen LogP contribution in [0.2, 0.25) is 0 Å². The summed E-state index contributed by atoms with van der Waals surface area (Å²) in [6.45, 7) is 4.78. The fourth-order valence-corrected chi connectivity index (χ4v) is 12.2. The molecule has 1 aliphatic heterocycles. The molecule has 10 N–H and O–H groups in total. The van der Waals surface area contributed by atoms with Gasteiger partial charge in [-0.1, -0.05) is 155 Å². The van der Waals surface area contributed by atoms with Crippen LogP contribution in [0.3, 0.4) is 0 Å². The highest BCUT2D eigenvalue weighted by molar-refractivity contribution is 8.13. The van der Waals surface area contributed by atoms with Crippen molar-refractivity contribution in [3.05, 3.63) is 12.7 Å². The molecule has 0 bridgehead atoms. The molecule has 26 nitrogen and oxygen atoms in total. The second-order valence-corrected chi connectivity index (χ2v) is 25.9. The molecule has 0 saturated carbocycles. The van der Waals surface area contributed by atoms with E-state index in [-0.39, 0.29) is 59.8 Å². The number of anilines is 1. The van der Waals surface area contributed by atoms with Gasteiger partial charge in [-0.2, -0.15) is 4.31 Å². The van der Waals surface area contributed by atoms with Crippen molar-refractivity contribution in [2.45, 2.75) is 219 Å². The molecule has 1 saturated heterocycles. The molecule has 3 rings (SSSR count). The van der Waals surface area contributed by atoms with Crippen molar-refractivity contribution in [3.8, 4) is 0 Å². The minimum Gasteiger partial charge on any atom is -0.462 e. The van der Waals surface area contributed by atoms with E-state index < -0.39 is 90.7 Å². The van der Waals surface area contributed by atoms with E-state index in [2.05, 4.69) is 48.3 Å². The SMILES string of the molecule is CCCCCCCCCCCCC(=O)OC(CCCCCCCCCCCC)CC(=O)SCCNC(=O)CCNC(=O)C(O)C(C)(C)COP(=O)(O)OP(=O)(O)OCC1OC(n2cnc3c(N)ncnc32)C(O)C1OP(=O)(O)O. The minimum absolute atomic E-state index is 0.0265. The third-order valence-corrected chi connectivity index (χ3v) is 17.1. The summed E-state index contributed by atoms with van der Waals surface area (Å²) in [5, 5.41) is 26.6. The summed E-state index contributed by atoms with van der Waals surface area (Å²) in [4.78, 5) is 103. The predicted octanol–water partition coefficient (Wildman–Crippen LogP) is 7.59. The molecule has 454 valence electrons. The molecule has 2 amide bonds. The Morgan fingerprint density at radius 1 is 0.785 bits per heavy atom. The van der Waals surface area contributed by atoms with Crippen molar-refractivity contribution < 1.29 is 90.0 Å². The molecule has 0 spiro atoms. The summed E-state index contributed by atoms with van der Waals surface area (Å²) in [7, 11) is -16.5. The van der Waals surface area contributed by atoms with E-state index >= 15 is 0 Å². The van der Waals surface area contributed by atoms with Gasteiger partial charge in [0.05, 0.1) is 26.0 Å². The number of amides is 2. The molecular weight excluding hydrogens is 1120 g/mol. The Morgan fingerprint density at radius 2 is 1.35 bits per heavy atom. The number of hydrogen-bond donors (Lipinski definition) is 9. The maximum absolute atomic E-state index is 13.0. The summed E-state index contributed by atoms with van der Waals surface area (Å²) < 4.78 is 68.6. The number of phosphoric acid groups is 3. The Labute approximate surface area is 468 Å². The van der Waals surface area contributed by atoms with Crippen LogP contribution in [0, 0.1) is 5.41 Å². The molecule has 8 unspecified atom stereocenters. The molecule has 1 aliphatic rings. The fraction of sp³-hybridized carbons (Fsp3) is 0.816. The minimum atomic E-state index is -5.60. The van der Waals surface area contributed by atoms with Gasteiger partial charge in [0.15, 0.2) is 22.8 Å². The molecule has 3 heterocycles. The first-order valence-corrected chi connectivity index (χ1v) is 33.1. The van der Waals surface area contributed by atoms with Crippen LogP contribution in [0.25, 0.3) is 11.2 Å². The van der Waals surface area contributed by atoms with E-state index in [1.54, 1.807) is 0 Å². The van der Waals surface area contributed by atoms with E-state index in [0.717, 1.165) is 80.4 Å². The van der Waals surface area contributed by atoms with Crippen LogP contribution in [0.4, 0.5) is 5.82 Å². The van der Waals surface area contributed by atoms with Gasteiger partial charge in [-0.3, -0.25) is 37.3 Å². The Morgan fingerprint density at radius 3 is 1.95 bits per heavy atom. The maximum Gasteiger partial charge on any atom is 0.481 e. The van der Waals surface area contributed by atoms with Gasteiger partial charge in [-0.05, 0) is 19.3 Å². The summed E-state index contributed by atoms with van der Waals surface area (Å²) >= 11 is 1.03. The Bertz CT molecular complexity index is 2300. The number of nitrogens with two attached hydrogens (primary N) is 1. The van der Waals surface area contributed by atoms with Crippen LogP contribution in [0.5, 0.6) is 0 Å². The molecular formula is C49H88N7O19P3S. The van der Waals surface area contributed by atoms with E-state index in [0.29, 0.717) is 12.8 Å². The first kappa shape index (κ1) is 70.3. The van der Waals surface area contributed by atoms with Gasteiger partial charge in [0.25, 0.3) is 0 Å². The quantitative estimate of drug-likeness (QED) is 0.0175. The lowest BCUT2D eigenvalue weighted by Crippen LogP contribution is -2.46. The normalized spacial score (nSPS) is 19.2. The zero-order chi connectivity index (χ0) is 58.5. The van der Waals surface area contributed by atoms with Gasteiger partial charge in [0, 0.05) is 37.1 Å². The number of nitrogen functional groups attached to an aromatic ring is 1. The van der Waals surface area contributed by atoms with Gasteiger partial charge in [-0.25, -0.2) is 28.6 Å². The number of nitrogens with one attached hydrogen (secondary N) is 2. The molecule has 0 aliphatic carbocycles. The number of aliphatic hydroxyl groups excluding tert-OH is 2. The van der Waals surface area contributed by atoms with Gasteiger partial charge in [0.1, 0.15) is 42.4 Å². The van der Waals surface area contributed by atoms with Crippen molar-refractivity contribution >= 4 is 75.1 Å². The number of imidazole rings is 1. The number of aromatic nitrogens is 4. The van der Waals surface area contributed by atoms with Crippen molar-refractivity contribution in [3.63, 3.8) is 0 Å². The van der Waals surface area contributed by atoms with Crippen molar-refractivity contribution in [2.75, 3.05) is 37.8 Å². The number of nitrogens with zero attached hydrogens (tertiary/aromatic N) is 4. The Kier molecular flexibility index (Phi) is 32.5. The average molecular weight is 1200 g/mol. The lowest BCUT2D eigenvalue weighted by Gasteiger charge is -2.30. The number of carbonyl (C=O) groups excluding carboxylic acids is 4. The molecule has 0 aromatic carbocycles. The van der Waals surface area contributed by atoms with Gasteiger partial charge in [0.2, 0.25) is 11.8 Å². The summed E-state index contributed by atoms with van der Waals surface area (Å²) in [6.07, 6.45) is 16.6. The third-order valence-electron chi connectivity index (χ3n) is 13.1. The maximum atomic E-state index is 13.0. The molecule has 79 heavy (non-hydrogen) atoms. The van der Waals surface area contributed by atoms with E-state index in [1.165, 1.54) is 90.9 Å². The van der Waals surface area contributed by atoms with Crippen LogP contribution in [-0.4, -0.2) is 135 Å². The highest BCUT2D eigenvalue weighted by Crippen LogP contribution is 2.61. The first-order valence-electron chi connectivity index (χ1n) is 27.6. The summed E-state index contributed by atoms with van der Waals surface area (Å²) in [5.74, 6) is -1.53. The largest absolute Gasteiger partial charge is 0.481 e. The number of hydrogen-bond acceptors (Lipinski definition) is 20. The van der Waals surface area contributed by atoms with E-state index in [1.807, 2.05) is 0 Å². The number of aliphatic hydroxyl groups is 2. The second kappa shape index (κ2) is 36.6. The van der Waals surface area contributed by atoms with Gasteiger partial charge >= 0.3 is 29.4 Å². The highest BCUT2D eigenvalue weighted by atomic mass is 32.2. The number of unbranched alkanes of at least 4 members (excludes halogenated alkanes) is 18. The van der Waals surface area contributed by atoms with Crippen LogP contribution >= 0.6 is 35.2 Å². The lowest BCUT2D eigenvalue weighted by molar-refractivity contribution is -0.150. The molecule has 0 radical (unpaired) electrons. The molecule has 1 fully saturated rings.